The molecule has 1 aromatic rings. The molecule has 0 heterocycles. The molecule has 1 nitrogen and oxygen atoms in total. The Hall–Kier alpha value is -0.400. The molecule has 1 fully saturated rings. The summed E-state index contributed by atoms with van der Waals surface area (Å²) in [7, 11) is 0. The van der Waals surface area contributed by atoms with Crippen LogP contribution in [0.1, 0.15) is 33.1 Å². The van der Waals surface area contributed by atoms with Gasteiger partial charge in [-0.2, -0.15) is 0 Å². The predicted octanol–water partition coefficient (Wildman–Crippen LogP) is 4.98. The van der Waals surface area contributed by atoms with Crippen molar-refractivity contribution in [2.24, 2.45) is 5.41 Å². The van der Waals surface area contributed by atoms with E-state index in [1.165, 1.54) is 19.3 Å². The van der Waals surface area contributed by atoms with Gasteiger partial charge < -0.3 is 5.32 Å². The molecule has 3 heteroatoms. The number of hydrogen-bond acceptors (Lipinski definition) is 1. The SMILES string of the molecule is CC1(C)CCCC1Nc1cccc(Cl)c1Cl. The van der Waals surface area contributed by atoms with Gasteiger partial charge in [0.25, 0.3) is 0 Å². The fourth-order valence-electron chi connectivity index (χ4n) is 2.40. The summed E-state index contributed by atoms with van der Waals surface area (Å²) >= 11 is 12.2. The van der Waals surface area contributed by atoms with E-state index in [1.54, 1.807) is 0 Å². The highest BCUT2D eigenvalue weighted by Crippen LogP contribution is 2.40. The molecule has 0 amide bonds. The third kappa shape index (κ3) is 2.31. The van der Waals surface area contributed by atoms with Crippen LogP contribution < -0.4 is 5.32 Å². The summed E-state index contributed by atoms with van der Waals surface area (Å²) in [6.07, 6.45) is 3.75. The maximum Gasteiger partial charge on any atom is 0.0823 e. The highest BCUT2D eigenvalue weighted by Gasteiger charge is 2.34. The number of halogens is 2. The van der Waals surface area contributed by atoms with Crippen LogP contribution in [0.25, 0.3) is 0 Å². The zero-order valence-electron chi connectivity index (χ0n) is 9.69. The number of rotatable bonds is 2. The highest BCUT2D eigenvalue weighted by molar-refractivity contribution is 6.43. The van der Waals surface area contributed by atoms with Crippen molar-refractivity contribution in [2.45, 2.75) is 39.2 Å². The molecule has 0 aliphatic heterocycles. The van der Waals surface area contributed by atoms with E-state index < -0.39 is 0 Å². The Balaban J connectivity index is 2.18. The normalized spacial score (nSPS) is 23.4. The van der Waals surface area contributed by atoms with Gasteiger partial charge in [0, 0.05) is 6.04 Å². The molecule has 1 aliphatic carbocycles. The minimum Gasteiger partial charge on any atom is -0.381 e. The van der Waals surface area contributed by atoms with Crippen LogP contribution in [0.15, 0.2) is 18.2 Å². The molecule has 16 heavy (non-hydrogen) atoms. The molecule has 0 saturated heterocycles. The highest BCUT2D eigenvalue weighted by atomic mass is 35.5. The summed E-state index contributed by atoms with van der Waals surface area (Å²) < 4.78 is 0. The third-order valence-electron chi connectivity index (χ3n) is 3.54. The fourth-order valence-corrected chi connectivity index (χ4v) is 2.75. The molecule has 2 rings (SSSR count). The van der Waals surface area contributed by atoms with Gasteiger partial charge in [-0.1, -0.05) is 49.5 Å². The standard InChI is InChI=1S/C13H17Cl2N/c1-13(2)8-4-7-11(13)16-10-6-3-5-9(14)12(10)15/h3,5-6,11,16H,4,7-8H2,1-2H3. The lowest BCUT2D eigenvalue weighted by atomic mass is 9.87. The molecule has 1 unspecified atom stereocenters. The molecule has 0 bridgehead atoms. The van der Waals surface area contributed by atoms with E-state index in [1.807, 2.05) is 18.2 Å². The molecule has 1 N–H and O–H groups in total. The van der Waals surface area contributed by atoms with Crippen molar-refractivity contribution in [3.63, 3.8) is 0 Å². The van der Waals surface area contributed by atoms with Gasteiger partial charge in [-0.3, -0.25) is 0 Å². The predicted molar refractivity (Wildman–Crippen MR) is 71.5 cm³/mol. The molecule has 0 spiro atoms. The van der Waals surface area contributed by atoms with E-state index in [0.29, 0.717) is 21.5 Å². The zero-order chi connectivity index (χ0) is 11.8. The summed E-state index contributed by atoms with van der Waals surface area (Å²) in [5.74, 6) is 0. The minimum absolute atomic E-state index is 0.339. The Morgan fingerprint density at radius 2 is 2.06 bits per heavy atom. The minimum atomic E-state index is 0.339. The van der Waals surface area contributed by atoms with Crippen LogP contribution >= 0.6 is 23.2 Å². The van der Waals surface area contributed by atoms with Crippen molar-refractivity contribution in [2.75, 3.05) is 5.32 Å². The van der Waals surface area contributed by atoms with Crippen LogP contribution in [-0.2, 0) is 0 Å². The summed E-state index contributed by atoms with van der Waals surface area (Å²) in [5, 5.41) is 4.77. The largest absolute Gasteiger partial charge is 0.381 e. The summed E-state index contributed by atoms with van der Waals surface area (Å²) in [6, 6.07) is 6.22. The number of benzene rings is 1. The molecule has 1 aliphatic rings. The maximum absolute atomic E-state index is 6.17. The third-order valence-corrected chi connectivity index (χ3v) is 4.36. The lowest BCUT2D eigenvalue weighted by molar-refractivity contribution is 0.350. The number of nitrogens with one attached hydrogen (secondary N) is 1. The smallest absolute Gasteiger partial charge is 0.0823 e. The first-order valence-corrected chi connectivity index (χ1v) is 6.47. The van der Waals surface area contributed by atoms with Crippen LogP contribution in [0.5, 0.6) is 0 Å². The van der Waals surface area contributed by atoms with Gasteiger partial charge in [-0.25, -0.2) is 0 Å². The van der Waals surface area contributed by atoms with Crippen molar-refractivity contribution in [1.29, 1.82) is 0 Å². The summed E-state index contributed by atoms with van der Waals surface area (Å²) in [4.78, 5) is 0. The van der Waals surface area contributed by atoms with Crippen molar-refractivity contribution >= 4 is 28.9 Å². The Bertz CT molecular complexity index is 388. The second-order valence-corrected chi connectivity index (χ2v) is 5.96. The Morgan fingerprint density at radius 3 is 2.69 bits per heavy atom. The molecule has 1 saturated carbocycles. The average Bonchev–Trinajstić information content (AvgIpc) is 2.54. The lowest BCUT2D eigenvalue weighted by Crippen LogP contribution is -2.30. The van der Waals surface area contributed by atoms with Crippen molar-refractivity contribution in [3.8, 4) is 0 Å². The van der Waals surface area contributed by atoms with Gasteiger partial charge in [-0.05, 0) is 30.4 Å². The second kappa shape index (κ2) is 4.46. The topological polar surface area (TPSA) is 12.0 Å². The first-order chi connectivity index (χ1) is 7.50. The molecular formula is C13H17Cl2N. The quantitative estimate of drug-likeness (QED) is 0.788. The van der Waals surface area contributed by atoms with E-state index in [0.717, 1.165) is 5.69 Å². The average molecular weight is 258 g/mol. The Labute approximate surface area is 107 Å². The Kier molecular flexibility index (Phi) is 3.37. The zero-order valence-corrected chi connectivity index (χ0v) is 11.2. The van der Waals surface area contributed by atoms with E-state index >= 15 is 0 Å². The van der Waals surface area contributed by atoms with Crippen LogP contribution in [0, 0.1) is 5.41 Å². The van der Waals surface area contributed by atoms with Crippen LogP contribution in [0.2, 0.25) is 10.0 Å². The molecule has 88 valence electrons. The van der Waals surface area contributed by atoms with Gasteiger partial charge in [0.15, 0.2) is 0 Å². The summed E-state index contributed by atoms with van der Waals surface area (Å²) in [6.45, 7) is 4.60. The van der Waals surface area contributed by atoms with Gasteiger partial charge in [0.1, 0.15) is 0 Å². The first-order valence-electron chi connectivity index (χ1n) is 5.71. The maximum atomic E-state index is 6.17. The van der Waals surface area contributed by atoms with E-state index in [9.17, 15) is 0 Å². The molecule has 1 atom stereocenters. The van der Waals surface area contributed by atoms with Crippen molar-refractivity contribution in [3.05, 3.63) is 28.2 Å². The second-order valence-electron chi connectivity index (χ2n) is 5.18. The van der Waals surface area contributed by atoms with Crippen LogP contribution in [-0.4, -0.2) is 6.04 Å². The lowest BCUT2D eigenvalue weighted by Gasteiger charge is -2.29. The van der Waals surface area contributed by atoms with E-state index in [-0.39, 0.29) is 0 Å². The van der Waals surface area contributed by atoms with Gasteiger partial charge in [0.05, 0.1) is 15.7 Å². The number of anilines is 1. The molecule has 0 radical (unpaired) electrons. The van der Waals surface area contributed by atoms with Crippen LogP contribution in [0.4, 0.5) is 5.69 Å². The van der Waals surface area contributed by atoms with Crippen molar-refractivity contribution in [1.82, 2.24) is 0 Å². The van der Waals surface area contributed by atoms with Crippen molar-refractivity contribution < 1.29 is 0 Å². The van der Waals surface area contributed by atoms with Gasteiger partial charge >= 0.3 is 0 Å². The summed E-state index contributed by atoms with van der Waals surface area (Å²) in [5.41, 5.74) is 1.29. The molecule has 0 aromatic heterocycles. The fraction of sp³-hybridized carbons (Fsp3) is 0.538. The Morgan fingerprint density at radius 1 is 1.31 bits per heavy atom. The van der Waals surface area contributed by atoms with E-state index in [2.05, 4.69) is 19.2 Å². The molecular weight excluding hydrogens is 241 g/mol. The van der Waals surface area contributed by atoms with Gasteiger partial charge in [-0.15, -0.1) is 0 Å². The first kappa shape index (κ1) is 12.1. The monoisotopic (exact) mass is 257 g/mol. The van der Waals surface area contributed by atoms with Crippen LogP contribution in [0.3, 0.4) is 0 Å². The van der Waals surface area contributed by atoms with Gasteiger partial charge in [0.2, 0.25) is 0 Å². The molecule has 1 aromatic carbocycles. The number of hydrogen-bond donors (Lipinski definition) is 1. The van der Waals surface area contributed by atoms with E-state index in [4.69, 9.17) is 23.2 Å².